The summed E-state index contributed by atoms with van der Waals surface area (Å²) in [6.07, 6.45) is 5.18. The van der Waals surface area contributed by atoms with Gasteiger partial charge in [0.2, 0.25) is 5.91 Å². The summed E-state index contributed by atoms with van der Waals surface area (Å²) < 4.78 is 25.8. The third-order valence-electron chi connectivity index (χ3n) is 8.89. The van der Waals surface area contributed by atoms with Crippen LogP contribution in [0.2, 0.25) is 0 Å². The number of hydrogen-bond acceptors (Lipinski definition) is 8. The van der Waals surface area contributed by atoms with Crippen LogP contribution in [-0.2, 0) is 17.6 Å². The molecule has 11 heteroatoms. The van der Waals surface area contributed by atoms with E-state index in [1.54, 1.807) is 25.2 Å². The molecule has 0 saturated carbocycles. The minimum absolute atomic E-state index is 0.0256. The second-order valence-corrected chi connectivity index (χ2v) is 11.9. The molecule has 4 aromatic carbocycles. The minimum atomic E-state index is -0.496. The average Bonchev–Trinajstić information content (AvgIpc) is 3.68. The summed E-state index contributed by atoms with van der Waals surface area (Å²) in [6, 6.07) is 24.4. The topological polar surface area (TPSA) is 117 Å². The molecule has 1 N–H and O–H groups in total. The monoisotopic (exact) mass is 659 g/mol. The molecule has 11 nitrogen and oxygen atoms in total. The summed E-state index contributed by atoms with van der Waals surface area (Å²) >= 11 is 0. The first-order chi connectivity index (χ1) is 24.0. The highest BCUT2D eigenvalue weighted by Gasteiger charge is 2.35. The van der Waals surface area contributed by atoms with Gasteiger partial charge in [0.05, 0.1) is 38.1 Å². The predicted molar refractivity (Wildman–Crippen MR) is 182 cm³/mol. The number of hydrogen-bond donors (Lipinski definition) is 1. The molecule has 8 rings (SSSR count). The Morgan fingerprint density at radius 1 is 0.918 bits per heavy atom. The number of benzene rings is 4. The van der Waals surface area contributed by atoms with E-state index in [1.165, 1.54) is 6.33 Å². The van der Waals surface area contributed by atoms with E-state index in [0.29, 0.717) is 85.4 Å². The van der Waals surface area contributed by atoms with Crippen LogP contribution < -0.4 is 24.3 Å². The fraction of sp³-hybridized carbons (Fsp3) is 0.263. The van der Waals surface area contributed by atoms with E-state index < -0.39 is 6.04 Å². The maximum absolute atomic E-state index is 14.6. The maximum Gasteiger partial charge on any atom is 0.256 e. The van der Waals surface area contributed by atoms with Gasteiger partial charge in [0.1, 0.15) is 18.4 Å². The Morgan fingerprint density at radius 3 is 2.63 bits per heavy atom. The Bertz CT molecular complexity index is 1980. The van der Waals surface area contributed by atoms with Gasteiger partial charge in [-0.3, -0.25) is 9.59 Å². The molecule has 1 aromatic heterocycles. The van der Waals surface area contributed by atoms with E-state index in [1.807, 2.05) is 83.8 Å². The van der Waals surface area contributed by atoms with Gasteiger partial charge in [-0.2, -0.15) is 5.10 Å². The van der Waals surface area contributed by atoms with Gasteiger partial charge in [-0.05, 0) is 90.0 Å². The van der Waals surface area contributed by atoms with Crippen LogP contribution in [0.4, 0.5) is 0 Å². The summed E-state index contributed by atoms with van der Waals surface area (Å²) in [7, 11) is 3.21. The molecule has 0 saturated heterocycles. The highest BCUT2D eigenvalue weighted by molar-refractivity contribution is 5.98. The highest BCUT2D eigenvalue weighted by atomic mass is 16.5. The van der Waals surface area contributed by atoms with Gasteiger partial charge in [-0.1, -0.05) is 30.3 Å². The van der Waals surface area contributed by atoms with Crippen molar-refractivity contribution in [1.29, 1.82) is 0 Å². The number of aryl methyl sites for hydroxylation is 1. The zero-order chi connectivity index (χ0) is 33.7. The van der Waals surface area contributed by atoms with E-state index in [2.05, 4.69) is 15.4 Å². The van der Waals surface area contributed by atoms with Crippen LogP contribution in [0.3, 0.4) is 0 Å². The standard InChI is InChI=1S/C38H37N5O6/c1-46-32-13-12-27-21-34(32)48-18-6-16-40-36(44)14-11-25-7-5-8-28(19-25)49-35-20-26-15-17-42(37(27)30(26)22-33(35)47-2)38(45)29-9-3-4-10-31(29)43-24-39-23-41-43/h3-5,7-10,12-13,19-24,37H,6,11,14-18H2,1-2H3,(H,40,44). The van der Waals surface area contributed by atoms with Gasteiger partial charge in [-0.25, -0.2) is 9.67 Å². The summed E-state index contributed by atoms with van der Waals surface area (Å²) in [5.74, 6) is 2.70. The van der Waals surface area contributed by atoms with Crippen molar-refractivity contribution < 1.29 is 28.5 Å². The molecule has 49 heavy (non-hydrogen) atoms. The zero-order valence-electron chi connectivity index (χ0n) is 27.4. The number of rotatable bonds is 4. The van der Waals surface area contributed by atoms with Crippen LogP contribution in [0.25, 0.3) is 5.69 Å². The number of carbonyl (C=O) groups is 2. The Labute approximate surface area is 284 Å². The molecular weight excluding hydrogens is 622 g/mol. The third-order valence-corrected chi connectivity index (χ3v) is 8.89. The molecule has 8 bridgehead atoms. The second kappa shape index (κ2) is 14.1. The van der Waals surface area contributed by atoms with Crippen molar-refractivity contribution in [2.45, 2.75) is 31.7 Å². The highest BCUT2D eigenvalue weighted by Crippen LogP contribution is 2.44. The van der Waals surface area contributed by atoms with Crippen molar-refractivity contribution in [3.05, 3.63) is 119 Å². The smallest absolute Gasteiger partial charge is 0.256 e. The first kappa shape index (κ1) is 31.7. The fourth-order valence-electron chi connectivity index (χ4n) is 6.48. The molecule has 250 valence electrons. The van der Waals surface area contributed by atoms with Crippen LogP contribution >= 0.6 is 0 Å². The summed E-state index contributed by atoms with van der Waals surface area (Å²) in [5, 5.41) is 7.28. The van der Waals surface area contributed by atoms with Crippen molar-refractivity contribution >= 4 is 11.8 Å². The van der Waals surface area contributed by atoms with Crippen molar-refractivity contribution in [2.75, 3.05) is 33.9 Å². The van der Waals surface area contributed by atoms with Gasteiger partial charge in [0, 0.05) is 19.5 Å². The number of para-hydroxylation sites is 1. The quantitative estimate of drug-likeness (QED) is 0.262. The molecule has 4 heterocycles. The molecule has 2 amide bonds. The SMILES string of the molecule is COc1ccc2cc1OCCCNC(=O)CCc1cccc(c1)Oc1cc3c(cc1OC)C2N(C(=O)c1ccccc1-n1cncn1)CC3. The normalized spacial score (nSPS) is 16.2. The molecule has 5 aromatic rings. The summed E-state index contributed by atoms with van der Waals surface area (Å²) in [4.78, 5) is 33.2. The Hall–Kier alpha value is -5.84. The number of nitrogens with zero attached hydrogens (tertiary/aromatic N) is 4. The zero-order valence-corrected chi connectivity index (χ0v) is 27.4. The molecule has 0 fully saturated rings. The number of amides is 2. The lowest BCUT2D eigenvalue weighted by atomic mass is 9.87. The van der Waals surface area contributed by atoms with E-state index in [9.17, 15) is 9.59 Å². The van der Waals surface area contributed by atoms with E-state index >= 15 is 0 Å². The predicted octanol–water partition coefficient (Wildman–Crippen LogP) is 5.70. The van der Waals surface area contributed by atoms with Gasteiger partial charge < -0.3 is 29.2 Å². The minimum Gasteiger partial charge on any atom is -0.493 e. The summed E-state index contributed by atoms with van der Waals surface area (Å²) in [5.41, 5.74) is 4.93. The van der Waals surface area contributed by atoms with Crippen molar-refractivity contribution in [1.82, 2.24) is 25.0 Å². The Balaban J connectivity index is 1.35. The van der Waals surface area contributed by atoms with Crippen molar-refractivity contribution in [3.63, 3.8) is 0 Å². The van der Waals surface area contributed by atoms with Crippen LogP contribution in [0.1, 0.15) is 51.5 Å². The van der Waals surface area contributed by atoms with Gasteiger partial charge in [0.25, 0.3) is 5.91 Å². The van der Waals surface area contributed by atoms with Gasteiger partial charge >= 0.3 is 0 Å². The first-order valence-electron chi connectivity index (χ1n) is 16.3. The summed E-state index contributed by atoms with van der Waals surface area (Å²) in [6.45, 7) is 1.30. The molecule has 3 aliphatic heterocycles. The molecular formula is C38H37N5O6. The number of fused-ring (bicyclic) bond motifs is 8. The molecule has 0 aliphatic carbocycles. The van der Waals surface area contributed by atoms with E-state index in [-0.39, 0.29) is 11.8 Å². The second-order valence-electron chi connectivity index (χ2n) is 11.9. The Kier molecular flexibility index (Phi) is 9.14. The number of nitrogens with one attached hydrogen (secondary N) is 1. The van der Waals surface area contributed by atoms with Gasteiger partial charge in [-0.15, -0.1) is 0 Å². The van der Waals surface area contributed by atoms with E-state index in [0.717, 1.165) is 22.3 Å². The maximum atomic E-state index is 14.6. The number of carbonyl (C=O) groups excluding carboxylic acids is 2. The first-order valence-corrected chi connectivity index (χ1v) is 16.3. The van der Waals surface area contributed by atoms with E-state index in [4.69, 9.17) is 18.9 Å². The number of ether oxygens (including phenoxy) is 4. The van der Waals surface area contributed by atoms with Crippen LogP contribution in [0.15, 0.2) is 91.5 Å². The lowest BCUT2D eigenvalue weighted by molar-refractivity contribution is -0.121. The van der Waals surface area contributed by atoms with Crippen LogP contribution in [-0.4, -0.2) is 65.4 Å². The molecule has 3 aliphatic rings. The molecule has 1 unspecified atom stereocenters. The molecule has 0 radical (unpaired) electrons. The average molecular weight is 660 g/mol. The lowest BCUT2D eigenvalue weighted by Crippen LogP contribution is -2.41. The fourth-order valence-corrected chi connectivity index (χ4v) is 6.48. The van der Waals surface area contributed by atoms with Crippen molar-refractivity contribution in [2.24, 2.45) is 0 Å². The van der Waals surface area contributed by atoms with Crippen LogP contribution in [0, 0.1) is 0 Å². The molecule has 0 spiro atoms. The third kappa shape index (κ3) is 6.64. The molecule has 1 atom stereocenters. The largest absolute Gasteiger partial charge is 0.493 e. The number of methoxy groups -OCH3 is 2. The Morgan fingerprint density at radius 2 is 1.80 bits per heavy atom. The van der Waals surface area contributed by atoms with Crippen molar-refractivity contribution in [3.8, 4) is 34.4 Å². The van der Waals surface area contributed by atoms with Crippen LogP contribution in [0.5, 0.6) is 28.7 Å². The lowest BCUT2D eigenvalue weighted by Gasteiger charge is -2.38. The number of aromatic nitrogens is 3. The van der Waals surface area contributed by atoms with Gasteiger partial charge in [0.15, 0.2) is 23.0 Å².